The van der Waals surface area contributed by atoms with Gasteiger partial charge in [0.25, 0.3) is 0 Å². The first kappa shape index (κ1) is 7.31. The molecule has 0 fully saturated rings. The number of thiocarbonyl (C=S) groups is 1. The molecule has 1 aliphatic rings. The topological polar surface area (TPSA) is 24.7 Å². The van der Waals surface area contributed by atoms with E-state index < -0.39 is 0 Å². The van der Waals surface area contributed by atoms with Crippen molar-refractivity contribution >= 4 is 30.1 Å². The Balaban J connectivity index is 2.85. The first-order valence-corrected chi connectivity index (χ1v) is 3.92. The van der Waals surface area contributed by atoms with E-state index in [1.165, 1.54) is 6.34 Å². The van der Waals surface area contributed by atoms with E-state index in [1.54, 1.807) is 0 Å². The van der Waals surface area contributed by atoms with Crippen LogP contribution in [0.25, 0.3) is 6.58 Å². The quantitative estimate of drug-likeness (QED) is 0.524. The smallest absolute Gasteiger partial charge is 0.137 e. The monoisotopic (exact) mass is 174 g/mol. The first-order chi connectivity index (χ1) is 5.77. The molecule has 0 N–H and O–H groups in total. The molecule has 0 bridgehead atoms. The molecule has 0 saturated heterocycles. The summed E-state index contributed by atoms with van der Waals surface area (Å²) >= 11 is 5.03. The van der Waals surface area contributed by atoms with Crippen LogP contribution in [0.2, 0.25) is 0 Å². The highest BCUT2D eigenvalue weighted by Crippen LogP contribution is 1.96. The third-order valence-electron chi connectivity index (χ3n) is 1.66. The van der Waals surface area contributed by atoms with E-state index in [0.717, 1.165) is 16.1 Å². The molecule has 0 aliphatic carbocycles. The molecule has 1 aliphatic heterocycles. The summed E-state index contributed by atoms with van der Waals surface area (Å²) in [6.07, 6.45) is 1.48. The maximum atomic E-state index is 5.03. The fourth-order valence-electron chi connectivity index (χ4n) is 1.08. The lowest BCUT2D eigenvalue weighted by Gasteiger charge is -2.01. The van der Waals surface area contributed by atoms with Crippen LogP contribution in [0.15, 0.2) is 28.2 Å². The van der Waals surface area contributed by atoms with Crippen LogP contribution in [0.4, 0.5) is 0 Å². The molecule has 0 saturated carbocycles. The summed E-state index contributed by atoms with van der Waals surface area (Å²) in [5.41, 5.74) is 0.903. The van der Waals surface area contributed by atoms with E-state index in [4.69, 9.17) is 12.2 Å². The fourth-order valence-corrected chi connectivity index (χ4v) is 1.29. The van der Waals surface area contributed by atoms with Crippen LogP contribution in [0.5, 0.6) is 0 Å². The van der Waals surface area contributed by atoms with Crippen LogP contribution in [-0.2, 0) is 0 Å². The molecule has 0 aromatic heterocycles. The van der Waals surface area contributed by atoms with E-state index in [1.807, 2.05) is 18.2 Å². The molecule has 1 aromatic carbocycles. The summed E-state index contributed by atoms with van der Waals surface area (Å²) in [7, 11) is 0. The zero-order chi connectivity index (χ0) is 8.55. The summed E-state index contributed by atoms with van der Waals surface area (Å²) in [6.45, 7) is 3.81. The Kier molecular flexibility index (Phi) is 1.59. The molecule has 0 unspecified atom stereocenters. The van der Waals surface area contributed by atoms with Gasteiger partial charge in [0.1, 0.15) is 11.3 Å². The van der Waals surface area contributed by atoms with Crippen molar-refractivity contribution in [3.05, 3.63) is 34.3 Å². The van der Waals surface area contributed by atoms with Gasteiger partial charge in [-0.05, 0) is 17.4 Å². The van der Waals surface area contributed by atoms with Crippen molar-refractivity contribution in [3.8, 4) is 0 Å². The lowest BCUT2D eigenvalue weighted by molar-refractivity contribution is 1.35. The Labute approximate surface area is 75.0 Å². The van der Waals surface area contributed by atoms with Crippen molar-refractivity contribution in [3.63, 3.8) is 0 Å². The Hall–Kier alpha value is -1.35. The van der Waals surface area contributed by atoms with E-state index in [-0.39, 0.29) is 0 Å². The minimum Gasteiger partial charge on any atom is -0.236 e. The normalized spacial score (nSPS) is 13.8. The minimum absolute atomic E-state index is 0.588. The highest BCUT2D eigenvalue weighted by Gasteiger charge is 2.04. The largest absolute Gasteiger partial charge is 0.236 e. The molecule has 2 rings (SSSR count). The maximum Gasteiger partial charge on any atom is 0.137 e. The van der Waals surface area contributed by atoms with Crippen LogP contribution >= 0.6 is 12.2 Å². The second-order valence-electron chi connectivity index (χ2n) is 2.53. The van der Waals surface area contributed by atoms with Crippen molar-refractivity contribution in [2.75, 3.05) is 0 Å². The molecular weight excluding hydrogens is 168 g/mol. The summed E-state index contributed by atoms with van der Waals surface area (Å²) in [5, 5.41) is 1.81. The minimum atomic E-state index is 0.588. The van der Waals surface area contributed by atoms with Crippen molar-refractivity contribution in [1.29, 1.82) is 0 Å². The van der Waals surface area contributed by atoms with E-state index in [2.05, 4.69) is 16.6 Å². The Morgan fingerprint density at radius 2 is 2.17 bits per heavy atom. The Bertz CT molecular complexity index is 474. The number of nitrogens with zero attached hydrogens (tertiary/aromatic N) is 2. The third-order valence-corrected chi connectivity index (χ3v) is 1.99. The Morgan fingerprint density at radius 3 is 3.00 bits per heavy atom. The lowest BCUT2D eigenvalue weighted by atomic mass is 10.2. The number of benzene rings is 1. The van der Waals surface area contributed by atoms with Gasteiger partial charge in [-0.2, -0.15) is 0 Å². The van der Waals surface area contributed by atoms with Gasteiger partial charge in [0.15, 0.2) is 0 Å². The predicted octanol–water partition coefficient (Wildman–Crippen LogP) is 0.434. The molecular formula is C9H6N2S. The van der Waals surface area contributed by atoms with Crippen LogP contribution in [0.3, 0.4) is 0 Å². The summed E-state index contributed by atoms with van der Waals surface area (Å²) in [6, 6.07) is 5.71. The maximum absolute atomic E-state index is 5.03. The van der Waals surface area contributed by atoms with Crippen LogP contribution in [0.1, 0.15) is 5.56 Å². The molecule has 0 spiro atoms. The van der Waals surface area contributed by atoms with Crippen molar-refractivity contribution in [1.82, 2.24) is 0 Å². The van der Waals surface area contributed by atoms with Crippen molar-refractivity contribution in [2.24, 2.45) is 9.98 Å². The fraction of sp³-hybridized carbons (Fsp3) is 0. The Morgan fingerprint density at radius 1 is 1.33 bits per heavy atom. The molecule has 0 amide bonds. The molecule has 12 heavy (non-hydrogen) atoms. The number of hydrogen-bond acceptors (Lipinski definition) is 2. The van der Waals surface area contributed by atoms with Crippen molar-refractivity contribution in [2.45, 2.75) is 0 Å². The molecule has 3 heteroatoms. The van der Waals surface area contributed by atoms with Gasteiger partial charge in [-0.15, -0.1) is 0 Å². The van der Waals surface area contributed by atoms with E-state index in [9.17, 15) is 0 Å². The average Bonchev–Trinajstić information content (AvgIpc) is 2.07. The summed E-state index contributed by atoms with van der Waals surface area (Å²) < 4.78 is 0. The van der Waals surface area contributed by atoms with Crippen LogP contribution < -0.4 is 10.6 Å². The van der Waals surface area contributed by atoms with Gasteiger partial charge in [-0.3, -0.25) is 0 Å². The molecule has 1 heterocycles. The van der Waals surface area contributed by atoms with Crippen LogP contribution in [-0.4, -0.2) is 11.3 Å². The second kappa shape index (κ2) is 2.60. The van der Waals surface area contributed by atoms with Crippen LogP contribution in [0, 0.1) is 0 Å². The number of hydrogen-bond donors (Lipinski definition) is 0. The number of aliphatic imine (C=N–C) groups is 1. The zero-order valence-electron chi connectivity index (χ0n) is 6.32. The zero-order valence-corrected chi connectivity index (χ0v) is 7.14. The van der Waals surface area contributed by atoms with Crippen molar-refractivity contribution < 1.29 is 0 Å². The summed E-state index contributed by atoms with van der Waals surface area (Å²) in [4.78, 5) is 8.59. The first-order valence-electron chi connectivity index (χ1n) is 3.51. The van der Waals surface area contributed by atoms with Gasteiger partial charge in [0, 0.05) is 5.56 Å². The highest BCUT2D eigenvalue weighted by molar-refractivity contribution is 7.80. The van der Waals surface area contributed by atoms with Gasteiger partial charge in [-0.25, -0.2) is 9.98 Å². The lowest BCUT2D eigenvalue weighted by Crippen LogP contribution is -2.20. The highest BCUT2D eigenvalue weighted by atomic mass is 32.1. The molecule has 0 atom stereocenters. The number of fused-ring (bicyclic) bond motifs is 1. The van der Waals surface area contributed by atoms with Gasteiger partial charge in [-0.1, -0.05) is 24.9 Å². The SMILES string of the molecule is C=c1ccc2c(c1)C(=S)N=CN=2. The predicted molar refractivity (Wildman–Crippen MR) is 52.9 cm³/mol. The molecule has 0 radical (unpaired) electrons. The third kappa shape index (κ3) is 1.08. The van der Waals surface area contributed by atoms with Gasteiger partial charge < -0.3 is 0 Å². The van der Waals surface area contributed by atoms with Gasteiger partial charge in [0.05, 0.1) is 5.36 Å². The van der Waals surface area contributed by atoms with E-state index in [0.29, 0.717) is 4.99 Å². The second-order valence-corrected chi connectivity index (χ2v) is 2.92. The van der Waals surface area contributed by atoms with Gasteiger partial charge in [0.2, 0.25) is 0 Å². The van der Waals surface area contributed by atoms with E-state index >= 15 is 0 Å². The standard InChI is InChI=1S/C9H6N2S/c1-6-2-3-8-7(4-6)9(12)11-5-10-8/h2-5H,1H2. The average molecular weight is 174 g/mol. The van der Waals surface area contributed by atoms with Gasteiger partial charge >= 0.3 is 0 Å². The molecule has 1 aromatic rings. The molecule has 2 nitrogen and oxygen atoms in total. The number of rotatable bonds is 0. The molecule has 58 valence electrons. The summed E-state index contributed by atoms with van der Waals surface area (Å²) in [5.74, 6) is 0.